The van der Waals surface area contributed by atoms with Crippen molar-refractivity contribution in [2.24, 2.45) is 0 Å². The highest BCUT2D eigenvalue weighted by Gasteiger charge is 2.19. The number of aromatic nitrogens is 1. The van der Waals surface area contributed by atoms with Crippen molar-refractivity contribution in [3.8, 4) is 10.9 Å². The molecule has 5 nitrogen and oxygen atoms in total. The maximum atomic E-state index is 14.3. The normalized spacial score (nSPS) is 11.9. The van der Waals surface area contributed by atoms with Gasteiger partial charge in [0.1, 0.15) is 17.7 Å². The molecule has 1 aromatic heterocycles. The number of anilines is 1. The maximum absolute atomic E-state index is 14.3. The van der Waals surface area contributed by atoms with E-state index < -0.39 is 18.0 Å². The van der Waals surface area contributed by atoms with E-state index >= 15 is 0 Å². The third-order valence-electron chi connectivity index (χ3n) is 4.58. The second-order valence-electron chi connectivity index (χ2n) is 6.84. The standard InChI is InChI=1S/C23H18ClFN2O3S/c1-13-8-10-17(25)20(21(13)24)14(2)29-16-9-11-18-19(12-16)31-23(27-18)30-22(28)26-15-6-4-3-5-7-15/h3-12,14H,1-2H3,(H,26,28). The van der Waals surface area contributed by atoms with Crippen LogP contribution in [0.2, 0.25) is 5.02 Å². The van der Waals surface area contributed by atoms with Gasteiger partial charge >= 0.3 is 6.09 Å². The van der Waals surface area contributed by atoms with Gasteiger partial charge in [-0.25, -0.2) is 14.2 Å². The zero-order valence-electron chi connectivity index (χ0n) is 16.7. The molecule has 1 amide bonds. The Balaban J connectivity index is 1.49. The third-order valence-corrected chi connectivity index (χ3v) is 5.98. The first-order chi connectivity index (χ1) is 14.9. The molecular formula is C23H18ClFN2O3S. The summed E-state index contributed by atoms with van der Waals surface area (Å²) in [4.78, 5) is 16.4. The minimum atomic E-state index is -0.625. The largest absolute Gasteiger partial charge is 0.486 e. The smallest absolute Gasteiger partial charge is 0.419 e. The van der Waals surface area contributed by atoms with Crippen LogP contribution in [0.4, 0.5) is 14.9 Å². The van der Waals surface area contributed by atoms with Gasteiger partial charge in [0, 0.05) is 11.3 Å². The highest BCUT2D eigenvalue weighted by atomic mass is 35.5. The van der Waals surface area contributed by atoms with Gasteiger partial charge in [0.15, 0.2) is 0 Å². The van der Waals surface area contributed by atoms with Crippen LogP contribution in [0.5, 0.6) is 10.9 Å². The Kier molecular flexibility index (Phi) is 6.06. The fourth-order valence-electron chi connectivity index (χ4n) is 3.06. The number of hydrogen-bond donors (Lipinski definition) is 1. The van der Waals surface area contributed by atoms with Crippen LogP contribution >= 0.6 is 22.9 Å². The summed E-state index contributed by atoms with van der Waals surface area (Å²) >= 11 is 7.49. The molecule has 1 atom stereocenters. The molecule has 4 rings (SSSR count). The van der Waals surface area contributed by atoms with E-state index in [9.17, 15) is 9.18 Å². The Hall–Kier alpha value is -3.16. The Bertz CT molecular complexity index is 1250. The first-order valence-electron chi connectivity index (χ1n) is 9.46. The zero-order valence-corrected chi connectivity index (χ0v) is 18.3. The number of nitrogens with one attached hydrogen (secondary N) is 1. The highest BCUT2D eigenvalue weighted by molar-refractivity contribution is 7.20. The molecule has 1 unspecified atom stereocenters. The van der Waals surface area contributed by atoms with E-state index in [1.165, 1.54) is 17.4 Å². The number of rotatable bonds is 5. The van der Waals surface area contributed by atoms with Crippen LogP contribution in [0.3, 0.4) is 0 Å². The number of hydrogen-bond acceptors (Lipinski definition) is 5. The second kappa shape index (κ2) is 8.91. The van der Waals surface area contributed by atoms with Gasteiger partial charge in [0.25, 0.3) is 5.19 Å². The van der Waals surface area contributed by atoms with Gasteiger partial charge in [0.05, 0.1) is 15.2 Å². The highest BCUT2D eigenvalue weighted by Crippen LogP contribution is 2.35. The number of halogens is 2. The zero-order chi connectivity index (χ0) is 22.0. The molecule has 4 aromatic rings. The average Bonchev–Trinajstić information content (AvgIpc) is 3.13. The van der Waals surface area contributed by atoms with Crippen molar-refractivity contribution in [1.82, 2.24) is 4.98 Å². The van der Waals surface area contributed by atoms with Crippen LogP contribution in [-0.4, -0.2) is 11.1 Å². The number of ether oxygens (including phenoxy) is 2. The first-order valence-corrected chi connectivity index (χ1v) is 10.7. The lowest BCUT2D eigenvalue weighted by Crippen LogP contribution is -2.16. The Morgan fingerprint density at radius 2 is 1.94 bits per heavy atom. The van der Waals surface area contributed by atoms with Crippen molar-refractivity contribution in [3.05, 3.63) is 82.6 Å². The van der Waals surface area contributed by atoms with Crippen LogP contribution in [-0.2, 0) is 0 Å². The van der Waals surface area contributed by atoms with E-state index in [1.807, 2.05) is 25.1 Å². The number of fused-ring (bicyclic) bond motifs is 1. The van der Waals surface area contributed by atoms with Gasteiger partial charge in [-0.3, -0.25) is 5.32 Å². The average molecular weight is 457 g/mol. The quantitative estimate of drug-likeness (QED) is 0.346. The van der Waals surface area contributed by atoms with E-state index in [1.54, 1.807) is 43.3 Å². The van der Waals surface area contributed by atoms with Crippen LogP contribution in [0.1, 0.15) is 24.2 Å². The molecule has 1 heterocycles. The summed E-state index contributed by atoms with van der Waals surface area (Å²) in [5, 5.41) is 3.20. The summed E-state index contributed by atoms with van der Waals surface area (Å²) in [7, 11) is 0. The molecule has 3 aromatic carbocycles. The molecule has 0 aliphatic heterocycles. The predicted molar refractivity (Wildman–Crippen MR) is 121 cm³/mol. The fraction of sp³-hybridized carbons (Fsp3) is 0.130. The number of thiazole rings is 1. The third kappa shape index (κ3) is 4.78. The van der Waals surface area contributed by atoms with Crippen LogP contribution in [0, 0.1) is 12.7 Å². The van der Waals surface area contributed by atoms with Crippen molar-refractivity contribution in [2.45, 2.75) is 20.0 Å². The number of carbonyl (C=O) groups is 1. The molecule has 0 aliphatic carbocycles. The molecule has 31 heavy (non-hydrogen) atoms. The van der Waals surface area contributed by atoms with Crippen molar-refractivity contribution in [3.63, 3.8) is 0 Å². The van der Waals surface area contributed by atoms with Crippen LogP contribution in [0.25, 0.3) is 10.2 Å². The Morgan fingerprint density at radius 1 is 1.16 bits per heavy atom. The maximum Gasteiger partial charge on any atom is 0.419 e. The molecule has 1 N–H and O–H groups in total. The number of aryl methyl sites for hydroxylation is 1. The van der Waals surface area contributed by atoms with Crippen LogP contribution < -0.4 is 14.8 Å². The van der Waals surface area contributed by atoms with Gasteiger partial charge in [-0.05, 0) is 55.8 Å². The molecule has 0 radical (unpaired) electrons. The summed E-state index contributed by atoms with van der Waals surface area (Å²) < 4.78 is 26.3. The number of benzene rings is 3. The molecule has 0 saturated heterocycles. The summed E-state index contributed by atoms with van der Waals surface area (Å²) in [6, 6.07) is 17.3. The van der Waals surface area contributed by atoms with Crippen molar-refractivity contribution >= 4 is 44.9 Å². The van der Waals surface area contributed by atoms with Gasteiger partial charge in [-0.2, -0.15) is 0 Å². The number of carbonyl (C=O) groups excluding carboxylic acids is 1. The second-order valence-corrected chi connectivity index (χ2v) is 8.21. The molecule has 0 aliphatic rings. The summed E-state index contributed by atoms with van der Waals surface area (Å²) in [6.45, 7) is 3.56. The SMILES string of the molecule is Cc1ccc(F)c(C(C)Oc2ccc3nc(OC(=O)Nc4ccccc4)sc3c2)c1Cl. The minimum absolute atomic E-state index is 0.210. The molecule has 158 valence electrons. The van der Waals surface area contributed by atoms with Gasteiger partial charge in [-0.15, -0.1) is 0 Å². The number of amides is 1. The Morgan fingerprint density at radius 3 is 2.71 bits per heavy atom. The van der Waals surface area contributed by atoms with E-state index in [2.05, 4.69) is 10.3 Å². The lowest BCUT2D eigenvalue weighted by Gasteiger charge is -2.18. The molecule has 0 spiro atoms. The molecular weight excluding hydrogens is 439 g/mol. The summed E-state index contributed by atoms with van der Waals surface area (Å²) in [5.41, 5.74) is 2.38. The van der Waals surface area contributed by atoms with Crippen molar-refractivity contribution in [1.29, 1.82) is 0 Å². The lowest BCUT2D eigenvalue weighted by molar-refractivity contribution is 0.215. The van der Waals surface area contributed by atoms with Gasteiger partial charge in [0.2, 0.25) is 0 Å². The van der Waals surface area contributed by atoms with Crippen molar-refractivity contribution in [2.75, 3.05) is 5.32 Å². The van der Waals surface area contributed by atoms with Gasteiger partial charge in [-0.1, -0.05) is 47.2 Å². The molecule has 0 saturated carbocycles. The van der Waals surface area contributed by atoms with Crippen LogP contribution in [0.15, 0.2) is 60.7 Å². The summed E-state index contributed by atoms with van der Waals surface area (Å²) in [5.74, 6) is 0.114. The molecule has 0 fully saturated rings. The minimum Gasteiger partial charge on any atom is -0.486 e. The lowest BCUT2D eigenvalue weighted by atomic mass is 10.1. The van der Waals surface area contributed by atoms with Crippen molar-refractivity contribution < 1.29 is 18.7 Å². The fourth-order valence-corrected chi connectivity index (χ4v) is 4.21. The van der Waals surface area contributed by atoms with E-state index in [4.69, 9.17) is 21.1 Å². The first kappa shape index (κ1) is 21.1. The Labute approximate surface area is 187 Å². The summed E-state index contributed by atoms with van der Waals surface area (Å²) in [6.07, 6.45) is -1.22. The topological polar surface area (TPSA) is 60.5 Å². The number of para-hydroxylation sites is 1. The molecule has 0 bridgehead atoms. The van der Waals surface area contributed by atoms with E-state index in [-0.39, 0.29) is 5.19 Å². The predicted octanol–water partition coefficient (Wildman–Crippen LogP) is 7.15. The van der Waals surface area contributed by atoms with Gasteiger partial charge < -0.3 is 9.47 Å². The van der Waals surface area contributed by atoms with E-state index in [0.29, 0.717) is 27.5 Å². The van der Waals surface area contributed by atoms with E-state index in [0.717, 1.165) is 10.3 Å². The monoisotopic (exact) mass is 456 g/mol. The number of nitrogens with zero attached hydrogens (tertiary/aromatic N) is 1. The molecule has 8 heteroatoms.